The van der Waals surface area contributed by atoms with Crippen LogP contribution in [0.5, 0.6) is 5.75 Å². The molecular formula is C17H17BrN2O. The summed E-state index contributed by atoms with van der Waals surface area (Å²) in [4.78, 5) is 4.51. The lowest BCUT2D eigenvalue weighted by Gasteiger charge is -2.10. The first-order valence-electron chi connectivity index (χ1n) is 6.83. The standard InChI is InChI=1S/C17H17BrN2O/c1-11-6-16-17(7-12(11)2)20(10-19-16)9-13-8-14(21-3)4-5-15(13)18/h4-8,10H,9H2,1-3H3. The predicted molar refractivity (Wildman–Crippen MR) is 89.0 cm³/mol. The fourth-order valence-electron chi connectivity index (χ4n) is 2.42. The van der Waals surface area contributed by atoms with Crippen molar-refractivity contribution < 1.29 is 4.74 Å². The zero-order valence-electron chi connectivity index (χ0n) is 12.4. The molecule has 0 N–H and O–H groups in total. The molecule has 21 heavy (non-hydrogen) atoms. The molecule has 0 spiro atoms. The van der Waals surface area contributed by atoms with Gasteiger partial charge in [-0.25, -0.2) is 4.98 Å². The molecule has 1 heterocycles. The third kappa shape index (κ3) is 2.68. The summed E-state index contributed by atoms with van der Waals surface area (Å²) in [6.45, 7) is 5.01. The van der Waals surface area contributed by atoms with Gasteiger partial charge in [0.05, 0.1) is 31.0 Å². The van der Waals surface area contributed by atoms with Gasteiger partial charge in [-0.3, -0.25) is 0 Å². The van der Waals surface area contributed by atoms with Crippen LogP contribution in [0.2, 0.25) is 0 Å². The van der Waals surface area contributed by atoms with E-state index in [1.807, 2.05) is 18.5 Å². The van der Waals surface area contributed by atoms with E-state index in [1.54, 1.807) is 7.11 Å². The van der Waals surface area contributed by atoms with Gasteiger partial charge >= 0.3 is 0 Å². The first-order chi connectivity index (χ1) is 10.1. The fraction of sp³-hybridized carbons (Fsp3) is 0.235. The van der Waals surface area contributed by atoms with E-state index in [0.29, 0.717) is 0 Å². The lowest BCUT2D eigenvalue weighted by Crippen LogP contribution is -2.00. The molecule has 3 aromatic rings. The van der Waals surface area contributed by atoms with Gasteiger partial charge in [-0.15, -0.1) is 0 Å². The number of aromatic nitrogens is 2. The van der Waals surface area contributed by atoms with Crippen molar-refractivity contribution in [3.63, 3.8) is 0 Å². The Kier molecular flexibility index (Phi) is 3.72. The highest BCUT2D eigenvalue weighted by Crippen LogP contribution is 2.25. The Labute approximate surface area is 132 Å². The SMILES string of the molecule is COc1ccc(Br)c(Cn2cnc3cc(C)c(C)cc32)c1. The van der Waals surface area contributed by atoms with Crippen molar-refractivity contribution in [1.29, 1.82) is 0 Å². The van der Waals surface area contributed by atoms with Crippen molar-refractivity contribution in [3.8, 4) is 5.75 Å². The van der Waals surface area contributed by atoms with Gasteiger partial charge in [0.2, 0.25) is 0 Å². The van der Waals surface area contributed by atoms with E-state index in [9.17, 15) is 0 Å². The van der Waals surface area contributed by atoms with Gasteiger partial charge < -0.3 is 9.30 Å². The molecule has 4 heteroatoms. The zero-order valence-corrected chi connectivity index (χ0v) is 13.9. The van der Waals surface area contributed by atoms with Crippen LogP contribution in [0.1, 0.15) is 16.7 Å². The molecule has 3 nitrogen and oxygen atoms in total. The fourth-order valence-corrected chi connectivity index (χ4v) is 2.79. The molecule has 0 unspecified atom stereocenters. The Morgan fingerprint density at radius 1 is 1.14 bits per heavy atom. The minimum Gasteiger partial charge on any atom is -0.497 e. The summed E-state index contributed by atoms with van der Waals surface area (Å²) in [6.07, 6.45) is 1.90. The van der Waals surface area contributed by atoms with Crippen molar-refractivity contribution in [2.45, 2.75) is 20.4 Å². The van der Waals surface area contributed by atoms with Crippen LogP contribution in [0.15, 0.2) is 41.1 Å². The number of rotatable bonds is 3. The zero-order chi connectivity index (χ0) is 15.0. The van der Waals surface area contributed by atoms with Crippen LogP contribution >= 0.6 is 15.9 Å². The van der Waals surface area contributed by atoms with Crippen LogP contribution in [0, 0.1) is 13.8 Å². The maximum atomic E-state index is 5.31. The largest absolute Gasteiger partial charge is 0.497 e. The Morgan fingerprint density at radius 2 is 1.90 bits per heavy atom. The number of aryl methyl sites for hydroxylation is 2. The quantitative estimate of drug-likeness (QED) is 0.700. The number of halogens is 1. The van der Waals surface area contributed by atoms with Gasteiger partial charge in [0.25, 0.3) is 0 Å². The summed E-state index contributed by atoms with van der Waals surface area (Å²) in [7, 11) is 1.69. The molecule has 0 bridgehead atoms. The van der Waals surface area contributed by atoms with Gasteiger partial charge in [-0.2, -0.15) is 0 Å². The van der Waals surface area contributed by atoms with Crippen LogP contribution in [0.25, 0.3) is 11.0 Å². The molecule has 0 saturated heterocycles. The number of imidazole rings is 1. The molecule has 0 aliphatic rings. The second kappa shape index (κ2) is 5.53. The first-order valence-corrected chi connectivity index (χ1v) is 7.62. The van der Waals surface area contributed by atoms with Crippen molar-refractivity contribution in [2.75, 3.05) is 7.11 Å². The van der Waals surface area contributed by atoms with E-state index < -0.39 is 0 Å². The molecule has 3 rings (SSSR count). The van der Waals surface area contributed by atoms with Gasteiger partial charge in [-0.05, 0) is 60.9 Å². The lowest BCUT2D eigenvalue weighted by atomic mass is 10.1. The summed E-state index contributed by atoms with van der Waals surface area (Å²) in [5, 5.41) is 0. The molecule has 108 valence electrons. The van der Waals surface area contributed by atoms with Gasteiger partial charge in [-0.1, -0.05) is 15.9 Å². The van der Waals surface area contributed by atoms with E-state index in [1.165, 1.54) is 16.7 Å². The summed E-state index contributed by atoms with van der Waals surface area (Å²) in [6, 6.07) is 10.4. The normalized spacial score (nSPS) is 11.0. The Morgan fingerprint density at radius 3 is 2.67 bits per heavy atom. The summed E-state index contributed by atoms with van der Waals surface area (Å²) >= 11 is 3.61. The number of benzene rings is 2. The molecule has 0 saturated carbocycles. The monoisotopic (exact) mass is 344 g/mol. The maximum Gasteiger partial charge on any atom is 0.119 e. The maximum absolute atomic E-state index is 5.31. The van der Waals surface area contributed by atoms with E-state index in [0.717, 1.165) is 27.8 Å². The van der Waals surface area contributed by atoms with E-state index in [2.05, 4.69) is 57.5 Å². The molecule has 2 aromatic carbocycles. The Balaban J connectivity index is 2.04. The van der Waals surface area contributed by atoms with Crippen LogP contribution in [-0.2, 0) is 6.54 Å². The van der Waals surface area contributed by atoms with E-state index >= 15 is 0 Å². The Bertz CT molecular complexity index is 808. The van der Waals surface area contributed by atoms with Gasteiger partial charge in [0.15, 0.2) is 0 Å². The minimum atomic E-state index is 0.761. The molecule has 0 aliphatic carbocycles. The topological polar surface area (TPSA) is 27.1 Å². The third-order valence-electron chi connectivity index (χ3n) is 3.83. The number of ether oxygens (including phenoxy) is 1. The second-order valence-electron chi connectivity index (χ2n) is 5.25. The molecule has 0 atom stereocenters. The van der Waals surface area contributed by atoms with E-state index in [4.69, 9.17) is 4.74 Å². The number of hydrogen-bond acceptors (Lipinski definition) is 2. The predicted octanol–water partition coefficient (Wildman–Crippen LogP) is 4.47. The number of methoxy groups -OCH3 is 1. The van der Waals surface area contributed by atoms with Gasteiger partial charge in [0.1, 0.15) is 5.75 Å². The lowest BCUT2D eigenvalue weighted by molar-refractivity contribution is 0.414. The average molecular weight is 345 g/mol. The highest BCUT2D eigenvalue weighted by atomic mass is 79.9. The molecule has 1 aromatic heterocycles. The number of fused-ring (bicyclic) bond motifs is 1. The van der Waals surface area contributed by atoms with E-state index in [-0.39, 0.29) is 0 Å². The summed E-state index contributed by atoms with van der Waals surface area (Å²) in [5.74, 6) is 0.865. The highest BCUT2D eigenvalue weighted by molar-refractivity contribution is 9.10. The van der Waals surface area contributed by atoms with Crippen molar-refractivity contribution in [2.24, 2.45) is 0 Å². The molecule has 0 amide bonds. The highest BCUT2D eigenvalue weighted by Gasteiger charge is 2.08. The van der Waals surface area contributed by atoms with Crippen LogP contribution in [-0.4, -0.2) is 16.7 Å². The summed E-state index contributed by atoms with van der Waals surface area (Å²) in [5.41, 5.74) is 5.93. The molecule has 0 radical (unpaired) electrons. The van der Waals surface area contributed by atoms with Crippen molar-refractivity contribution in [3.05, 3.63) is 57.8 Å². The van der Waals surface area contributed by atoms with Crippen LogP contribution < -0.4 is 4.74 Å². The third-order valence-corrected chi connectivity index (χ3v) is 4.60. The van der Waals surface area contributed by atoms with Gasteiger partial charge in [0, 0.05) is 4.47 Å². The first kappa shape index (κ1) is 14.1. The molecular weight excluding hydrogens is 328 g/mol. The van der Waals surface area contributed by atoms with Crippen LogP contribution in [0.3, 0.4) is 0 Å². The molecule has 0 aliphatic heterocycles. The molecule has 0 fully saturated rings. The van der Waals surface area contributed by atoms with Crippen LogP contribution in [0.4, 0.5) is 0 Å². The average Bonchev–Trinajstić information content (AvgIpc) is 2.84. The Hall–Kier alpha value is -1.81. The summed E-state index contributed by atoms with van der Waals surface area (Å²) < 4.78 is 8.55. The smallest absolute Gasteiger partial charge is 0.119 e. The minimum absolute atomic E-state index is 0.761. The van der Waals surface area contributed by atoms with Crippen molar-refractivity contribution in [1.82, 2.24) is 9.55 Å². The number of hydrogen-bond donors (Lipinski definition) is 0. The van der Waals surface area contributed by atoms with Crippen molar-refractivity contribution >= 4 is 27.0 Å². The number of nitrogens with zero attached hydrogens (tertiary/aromatic N) is 2. The second-order valence-corrected chi connectivity index (χ2v) is 6.11.